The Bertz CT molecular complexity index is 648. The van der Waals surface area contributed by atoms with E-state index in [-0.39, 0.29) is 0 Å². The number of fused-ring (bicyclic) bond motifs is 1. The summed E-state index contributed by atoms with van der Waals surface area (Å²) in [6.45, 7) is 0. The predicted molar refractivity (Wildman–Crippen MR) is 68.1 cm³/mol. The lowest BCUT2D eigenvalue weighted by atomic mass is 10.1. The van der Waals surface area contributed by atoms with E-state index in [1.54, 1.807) is 10.7 Å². The van der Waals surface area contributed by atoms with Crippen molar-refractivity contribution in [3.63, 3.8) is 0 Å². The second kappa shape index (κ2) is 4.58. The summed E-state index contributed by atoms with van der Waals surface area (Å²) in [6.07, 6.45) is 3.55. The van der Waals surface area contributed by atoms with E-state index in [1.165, 1.54) is 0 Å². The van der Waals surface area contributed by atoms with Crippen LogP contribution in [0.4, 0.5) is 0 Å². The third-order valence-corrected chi connectivity index (χ3v) is 2.90. The number of hydrogen-bond acceptors (Lipinski definition) is 3. The summed E-state index contributed by atoms with van der Waals surface area (Å²) in [5.41, 5.74) is 2.57. The zero-order chi connectivity index (χ0) is 12.4. The van der Waals surface area contributed by atoms with Crippen molar-refractivity contribution in [3.8, 4) is 0 Å². The molecule has 4 heteroatoms. The summed E-state index contributed by atoms with van der Waals surface area (Å²) < 4.78 is 1.71. The van der Waals surface area contributed by atoms with Gasteiger partial charge in [-0.2, -0.15) is 5.10 Å². The van der Waals surface area contributed by atoms with Crippen molar-refractivity contribution in [1.29, 1.82) is 0 Å². The number of rotatable bonds is 3. The normalized spacial score (nSPS) is 12.7. The van der Waals surface area contributed by atoms with Gasteiger partial charge in [-0.15, -0.1) is 0 Å². The van der Waals surface area contributed by atoms with Crippen LogP contribution >= 0.6 is 0 Å². The van der Waals surface area contributed by atoms with Crippen LogP contribution in [-0.2, 0) is 6.42 Å². The monoisotopic (exact) mass is 239 g/mol. The van der Waals surface area contributed by atoms with Gasteiger partial charge in [-0.25, -0.2) is 9.50 Å². The Morgan fingerprint density at radius 3 is 2.78 bits per heavy atom. The van der Waals surface area contributed by atoms with E-state index >= 15 is 0 Å². The van der Waals surface area contributed by atoms with Crippen molar-refractivity contribution in [3.05, 3.63) is 66.1 Å². The predicted octanol–water partition coefficient (Wildman–Crippen LogP) is 2.01. The van der Waals surface area contributed by atoms with Gasteiger partial charge >= 0.3 is 0 Å². The summed E-state index contributed by atoms with van der Waals surface area (Å²) in [5.74, 6) is 0. The summed E-state index contributed by atoms with van der Waals surface area (Å²) in [5, 5.41) is 14.2. The van der Waals surface area contributed by atoms with Gasteiger partial charge in [0.05, 0.1) is 12.3 Å². The standard InChI is InChI=1S/C14H13N3O/c18-13(11-4-2-1-3-5-11)10-12-7-9-17-14(16-12)6-8-15-17/h1-9,13,18H,10H2. The van der Waals surface area contributed by atoms with Crippen molar-refractivity contribution in [2.45, 2.75) is 12.5 Å². The topological polar surface area (TPSA) is 50.4 Å². The molecule has 90 valence electrons. The van der Waals surface area contributed by atoms with Crippen LogP contribution in [0.15, 0.2) is 54.9 Å². The molecule has 3 aromatic rings. The third-order valence-electron chi connectivity index (χ3n) is 2.90. The lowest BCUT2D eigenvalue weighted by molar-refractivity contribution is 0.177. The lowest BCUT2D eigenvalue weighted by Gasteiger charge is -2.10. The number of aromatic nitrogens is 3. The average Bonchev–Trinajstić information content (AvgIpc) is 2.87. The summed E-state index contributed by atoms with van der Waals surface area (Å²) >= 11 is 0. The first-order valence-corrected chi connectivity index (χ1v) is 5.85. The molecule has 0 radical (unpaired) electrons. The Kier molecular flexibility index (Phi) is 2.78. The summed E-state index contributed by atoms with van der Waals surface area (Å²) in [7, 11) is 0. The van der Waals surface area contributed by atoms with Gasteiger partial charge in [0.1, 0.15) is 0 Å². The van der Waals surface area contributed by atoms with Crippen molar-refractivity contribution in [1.82, 2.24) is 14.6 Å². The Balaban J connectivity index is 1.83. The highest BCUT2D eigenvalue weighted by molar-refractivity contribution is 5.36. The minimum atomic E-state index is -0.524. The molecule has 1 aromatic carbocycles. The molecule has 3 rings (SSSR count). The SMILES string of the molecule is OC(Cc1ccn2nccc2n1)c1ccccc1. The molecule has 18 heavy (non-hydrogen) atoms. The third kappa shape index (κ3) is 2.10. The van der Waals surface area contributed by atoms with E-state index in [4.69, 9.17) is 0 Å². The molecule has 0 aliphatic carbocycles. The van der Waals surface area contributed by atoms with Gasteiger partial charge in [0, 0.05) is 24.4 Å². The van der Waals surface area contributed by atoms with Crippen LogP contribution < -0.4 is 0 Å². The van der Waals surface area contributed by atoms with E-state index < -0.39 is 6.10 Å². The van der Waals surface area contributed by atoms with Crippen molar-refractivity contribution < 1.29 is 5.11 Å². The van der Waals surface area contributed by atoms with E-state index in [9.17, 15) is 5.11 Å². The van der Waals surface area contributed by atoms with Gasteiger partial charge in [-0.1, -0.05) is 30.3 Å². The molecule has 0 aliphatic rings. The van der Waals surface area contributed by atoms with Gasteiger partial charge in [0.2, 0.25) is 0 Å². The molecule has 1 N–H and O–H groups in total. The molecular weight excluding hydrogens is 226 g/mol. The molecule has 0 bridgehead atoms. The smallest absolute Gasteiger partial charge is 0.155 e. The molecule has 2 heterocycles. The molecule has 0 amide bonds. The van der Waals surface area contributed by atoms with Crippen LogP contribution in [0.25, 0.3) is 5.65 Å². The van der Waals surface area contributed by atoms with E-state index in [0.29, 0.717) is 6.42 Å². The van der Waals surface area contributed by atoms with Gasteiger partial charge in [-0.05, 0) is 11.6 Å². The van der Waals surface area contributed by atoms with E-state index in [1.807, 2.05) is 48.7 Å². The van der Waals surface area contributed by atoms with Gasteiger partial charge in [0.25, 0.3) is 0 Å². The number of aliphatic hydroxyl groups excluding tert-OH is 1. The van der Waals surface area contributed by atoms with E-state index in [0.717, 1.165) is 16.9 Å². The van der Waals surface area contributed by atoms with Crippen molar-refractivity contribution >= 4 is 5.65 Å². The molecule has 1 unspecified atom stereocenters. The zero-order valence-electron chi connectivity index (χ0n) is 9.77. The second-order valence-electron chi connectivity index (χ2n) is 4.18. The van der Waals surface area contributed by atoms with Gasteiger partial charge < -0.3 is 5.11 Å². The highest BCUT2D eigenvalue weighted by atomic mass is 16.3. The molecule has 0 saturated heterocycles. The molecule has 0 saturated carbocycles. The molecule has 4 nitrogen and oxygen atoms in total. The number of benzene rings is 1. The number of hydrogen-bond donors (Lipinski definition) is 1. The second-order valence-corrected chi connectivity index (χ2v) is 4.18. The van der Waals surface area contributed by atoms with Crippen LogP contribution in [0, 0.1) is 0 Å². The van der Waals surface area contributed by atoms with Crippen molar-refractivity contribution in [2.75, 3.05) is 0 Å². The Hall–Kier alpha value is -2.20. The molecule has 0 aliphatic heterocycles. The maximum Gasteiger partial charge on any atom is 0.155 e. The molecule has 2 aromatic heterocycles. The average molecular weight is 239 g/mol. The van der Waals surface area contributed by atoms with Gasteiger partial charge in [-0.3, -0.25) is 0 Å². The minimum absolute atomic E-state index is 0.506. The van der Waals surface area contributed by atoms with Gasteiger partial charge in [0.15, 0.2) is 5.65 Å². The largest absolute Gasteiger partial charge is 0.388 e. The summed E-state index contributed by atoms with van der Waals surface area (Å²) in [6, 6.07) is 13.3. The highest BCUT2D eigenvalue weighted by Gasteiger charge is 2.09. The molecule has 0 fully saturated rings. The Labute approximate surface area is 105 Å². The van der Waals surface area contributed by atoms with Crippen LogP contribution in [0.2, 0.25) is 0 Å². The fraction of sp³-hybridized carbons (Fsp3) is 0.143. The van der Waals surface area contributed by atoms with Crippen LogP contribution in [0.3, 0.4) is 0 Å². The number of nitrogens with zero attached hydrogens (tertiary/aromatic N) is 3. The maximum atomic E-state index is 10.1. The number of aliphatic hydroxyl groups is 1. The van der Waals surface area contributed by atoms with Crippen LogP contribution in [-0.4, -0.2) is 19.7 Å². The molecular formula is C14H13N3O. The van der Waals surface area contributed by atoms with Crippen LogP contribution in [0.5, 0.6) is 0 Å². The van der Waals surface area contributed by atoms with Crippen molar-refractivity contribution in [2.24, 2.45) is 0 Å². The molecule has 0 spiro atoms. The van der Waals surface area contributed by atoms with E-state index in [2.05, 4.69) is 10.1 Å². The van der Waals surface area contributed by atoms with Crippen LogP contribution in [0.1, 0.15) is 17.4 Å². The fourth-order valence-electron chi connectivity index (χ4n) is 1.96. The first-order valence-electron chi connectivity index (χ1n) is 5.85. The zero-order valence-corrected chi connectivity index (χ0v) is 9.77. The maximum absolute atomic E-state index is 10.1. The first kappa shape index (κ1) is 10.9. The molecule has 1 atom stereocenters. The fourth-order valence-corrected chi connectivity index (χ4v) is 1.96. The highest BCUT2D eigenvalue weighted by Crippen LogP contribution is 2.17. The summed E-state index contributed by atoms with van der Waals surface area (Å²) in [4.78, 5) is 4.44. The Morgan fingerprint density at radius 1 is 1.11 bits per heavy atom. The Morgan fingerprint density at radius 2 is 1.94 bits per heavy atom. The lowest BCUT2D eigenvalue weighted by Crippen LogP contribution is -2.04. The quantitative estimate of drug-likeness (QED) is 0.760. The minimum Gasteiger partial charge on any atom is -0.388 e. The first-order chi connectivity index (χ1) is 8.83.